The molecule has 0 bridgehead atoms. The van der Waals surface area contributed by atoms with Gasteiger partial charge in [-0.1, -0.05) is 0 Å². The van der Waals surface area contributed by atoms with Crippen LogP contribution in [-0.2, 0) is 6.61 Å². The molecule has 0 amide bonds. The van der Waals surface area contributed by atoms with Crippen molar-refractivity contribution >= 4 is 17.3 Å². The van der Waals surface area contributed by atoms with Crippen molar-refractivity contribution in [2.75, 3.05) is 0 Å². The second-order valence-corrected chi connectivity index (χ2v) is 4.49. The average Bonchev–Trinajstić information content (AvgIpc) is 2.92. The first-order valence-corrected chi connectivity index (χ1v) is 6.02. The Bertz CT molecular complexity index is 689. The Morgan fingerprint density at radius 2 is 1.62 bits per heavy atom. The van der Waals surface area contributed by atoms with Crippen LogP contribution in [0, 0.1) is 29.1 Å². The molecule has 1 aromatic carbocycles. The van der Waals surface area contributed by atoms with Crippen LogP contribution in [0.2, 0.25) is 0 Å². The SMILES string of the molecule is O=C(O)c1nc(COc2c(F)c(F)c(F)c(F)c2F)cs1. The quantitative estimate of drug-likeness (QED) is 0.533. The lowest BCUT2D eigenvalue weighted by molar-refractivity contribution is 0.0696. The molecule has 0 radical (unpaired) electrons. The zero-order valence-electron chi connectivity index (χ0n) is 9.79. The zero-order chi connectivity index (χ0) is 15.7. The third-order valence-corrected chi connectivity index (χ3v) is 3.15. The summed E-state index contributed by atoms with van der Waals surface area (Å²) >= 11 is 0.724. The number of aromatic carboxylic acids is 1. The van der Waals surface area contributed by atoms with Gasteiger partial charge in [0.1, 0.15) is 6.61 Å². The molecule has 4 nitrogen and oxygen atoms in total. The molecule has 1 heterocycles. The highest BCUT2D eigenvalue weighted by Gasteiger charge is 2.27. The molecule has 0 aliphatic carbocycles. The lowest BCUT2D eigenvalue weighted by Crippen LogP contribution is -2.07. The van der Waals surface area contributed by atoms with E-state index in [0.717, 1.165) is 11.3 Å². The van der Waals surface area contributed by atoms with Crippen LogP contribution in [0.5, 0.6) is 5.75 Å². The molecular formula is C11H4F5NO3S. The number of carboxylic acid groups (broad SMARTS) is 1. The number of hydrogen-bond acceptors (Lipinski definition) is 4. The van der Waals surface area contributed by atoms with Gasteiger partial charge in [-0.2, -0.15) is 8.78 Å². The maximum atomic E-state index is 13.3. The molecule has 0 aliphatic heterocycles. The van der Waals surface area contributed by atoms with Crippen LogP contribution in [0.3, 0.4) is 0 Å². The van der Waals surface area contributed by atoms with Crippen molar-refractivity contribution in [1.29, 1.82) is 0 Å². The fourth-order valence-electron chi connectivity index (χ4n) is 1.33. The average molecular weight is 325 g/mol. The van der Waals surface area contributed by atoms with Gasteiger partial charge in [0.15, 0.2) is 5.75 Å². The van der Waals surface area contributed by atoms with Gasteiger partial charge in [-0.05, 0) is 0 Å². The van der Waals surface area contributed by atoms with Crippen molar-refractivity contribution in [3.05, 3.63) is 45.2 Å². The lowest BCUT2D eigenvalue weighted by Gasteiger charge is -2.08. The Labute approximate surface area is 117 Å². The van der Waals surface area contributed by atoms with E-state index >= 15 is 0 Å². The molecule has 1 aromatic heterocycles. The van der Waals surface area contributed by atoms with Crippen molar-refractivity contribution in [2.45, 2.75) is 6.61 Å². The maximum absolute atomic E-state index is 13.3. The van der Waals surface area contributed by atoms with Gasteiger partial charge in [0.2, 0.25) is 34.1 Å². The molecule has 0 aliphatic rings. The van der Waals surface area contributed by atoms with Gasteiger partial charge in [0.25, 0.3) is 0 Å². The number of carbonyl (C=O) groups is 1. The minimum absolute atomic E-state index is 0.0265. The number of rotatable bonds is 4. The van der Waals surface area contributed by atoms with Gasteiger partial charge in [0, 0.05) is 5.38 Å². The largest absolute Gasteiger partial charge is 0.481 e. The van der Waals surface area contributed by atoms with Crippen molar-refractivity contribution < 1.29 is 36.6 Å². The topological polar surface area (TPSA) is 59.4 Å². The van der Waals surface area contributed by atoms with E-state index in [2.05, 4.69) is 9.72 Å². The van der Waals surface area contributed by atoms with Crippen molar-refractivity contribution in [2.24, 2.45) is 0 Å². The number of aromatic nitrogens is 1. The summed E-state index contributed by atoms with van der Waals surface area (Å²) in [5, 5.41) is 9.54. The molecule has 1 N–H and O–H groups in total. The number of nitrogens with zero attached hydrogens (tertiary/aromatic N) is 1. The van der Waals surface area contributed by atoms with E-state index in [1.165, 1.54) is 5.38 Å². The van der Waals surface area contributed by atoms with Gasteiger partial charge in [-0.25, -0.2) is 22.9 Å². The van der Waals surface area contributed by atoms with Gasteiger partial charge in [-0.15, -0.1) is 11.3 Å². The fraction of sp³-hybridized carbons (Fsp3) is 0.0909. The van der Waals surface area contributed by atoms with Crippen molar-refractivity contribution in [1.82, 2.24) is 4.98 Å². The van der Waals surface area contributed by atoms with E-state index in [4.69, 9.17) is 5.11 Å². The van der Waals surface area contributed by atoms with Crippen LogP contribution in [0.4, 0.5) is 22.0 Å². The Morgan fingerprint density at radius 3 is 2.10 bits per heavy atom. The number of halogens is 5. The summed E-state index contributed by atoms with van der Waals surface area (Å²) in [5.41, 5.74) is -0.0265. The van der Waals surface area contributed by atoms with Crippen LogP contribution in [0.15, 0.2) is 5.38 Å². The van der Waals surface area contributed by atoms with Gasteiger partial charge >= 0.3 is 5.97 Å². The molecule has 2 aromatic rings. The normalized spacial score (nSPS) is 10.7. The highest BCUT2D eigenvalue weighted by Crippen LogP contribution is 2.29. The molecule has 0 spiro atoms. The summed E-state index contributed by atoms with van der Waals surface area (Å²) in [6, 6.07) is 0. The van der Waals surface area contributed by atoms with Crippen LogP contribution >= 0.6 is 11.3 Å². The van der Waals surface area contributed by atoms with E-state index in [9.17, 15) is 26.7 Å². The zero-order valence-corrected chi connectivity index (χ0v) is 10.6. The summed E-state index contributed by atoms with van der Waals surface area (Å²) in [6.45, 7) is -0.651. The molecule has 0 saturated heterocycles. The molecule has 112 valence electrons. The minimum Gasteiger partial charge on any atom is -0.481 e. The monoisotopic (exact) mass is 325 g/mol. The summed E-state index contributed by atoms with van der Waals surface area (Å²) in [6.07, 6.45) is 0. The Hall–Kier alpha value is -2.23. The molecule has 0 saturated carbocycles. The number of hydrogen-bond donors (Lipinski definition) is 1. The van der Waals surface area contributed by atoms with Crippen LogP contribution < -0.4 is 4.74 Å². The molecule has 0 unspecified atom stereocenters. The highest BCUT2D eigenvalue weighted by molar-refractivity contribution is 7.11. The van der Waals surface area contributed by atoms with E-state index in [1.807, 2.05) is 0 Å². The van der Waals surface area contributed by atoms with Crippen LogP contribution in [0.25, 0.3) is 0 Å². The Balaban J connectivity index is 2.26. The van der Waals surface area contributed by atoms with Gasteiger partial charge in [-0.3, -0.25) is 0 Å². The minimum atomic E-state index is -2.29. The summed E-state index contributed by atoms with van der Waals surface area (Å²) in [4.78, 5) is 14.1. The van der Waals surface area contributed by atoms with Gasteiger partial charge in [0.05, 0.1) is 5.69 Å². The highest BCUT2D eigenvalue weighted by atomic mass is 32.1. The predicted molar refractivity (Wildman–Crippen MR) is 59.6 cm³/mol. The van der Waals surface area contributed by atoms with E-state index in [-0.39, 0.29) is 10.7 Å². The van der Waals surface area contributed by atoms with Gasteiger partial charge < -0.3 is 9.84 Å². The van der Waals surface area contributed by atoms with E-state index in [1.54, 1.807) is 0 Å². The summed E-state index contributed by atoms with van der Waals surface area (Å²) in [5.74, 6) is -13.5. The van der Waals surface area contributed by atoms with E-state index in [0.29, 0.717) is 0 Å². The Kier molecular flexibility index (Phi) is 4.07. The first kappa shape index (κ1) is 15.2. The summed E-state index contributed by atoms with van der Waals surface area (Å²) in [7, 11) is 0. The molecular weight excluding hydrogens is 321 g/mol. The number of thiazole rings is 1. The lowest BCUT2D eigenvalue weighted by atomic mass is 10.2. The Morgan fingerprint density at radius 1 is 1.10 bits per heavy atom. The predicted octanol–water partition coefficient (Wildman–Crippen LogP) is 3.12. The third-order valence-electron chi connectivity index (χ3n) is 2.27. The number of carboxylic acids is 1. The second kappa shape index (κ2) is 5.64. The first-order chi connectivity index (χ1) is 9.82. The molecule has 2 rings (SSSR count). The molecule has 10 heteroatoms. The molecule has 0 fully saturated rings. The smallest absolute Gasteiger partial charge is 0.365 e. The fourth-order valence-corrected chi connectivity index (χ4v) is 1.97. The maximum Gasteiger partial charge on any atom is 0.365 e. The van der Waals surface area contributed by atoms with Crippen molar-refractivity contribution in [3.8, 4) is 5.75 Å². The number of benzene rings is 1. The standard InChI is InChI=1S/C11H4F5NO3S/c12-4-5(13)7(15)9(8(16)6(4)14)20-1-3-2-21-10(17-3)11(18)19/h2H,1H2,(H,18,19). The van der Waals surface area contributed by atoms with E-state index < -0.39 is 47.4 Å². The third kappa shape index (κ3) is 2.79. The first-order valence-electron chi connectivity index (χ1n) is 5.14. The number of ether oxygens (including phenoxy) is 1. The van der Waals surface area contributed by atoms with Crippen LogP contribution in [-0.4, -0.2) is 16.1 Å². The van der Waals surface area contributed by atoms with Crippen LogP contribution in [0.1, 0.15) is 15.5 Å². The molecule has 0 atom stereocenters. The second-order valence-electron chi connectivity index (χ2n) is 3.64. The molecule has 21 heavy (non-hydrogen) atoms. The van der Waals surface area contributed by atoms with Crippen molar-refractivity contribution in [3.63, 3.8) is 0 Å². The summed E-state index contributed by atoms with van der Waals surface area (Å²) < 4.78 is 69.7.